The van der Waals surface area contributed by atoms with Crippen molar-refractivity contribution in [2.75, 3.05) is 19.7 Å². The zero-order chi connectivity index (χ0) is 18.8. The molecule has 27 heavy (non-hydrogen) atoms. The molecule has 1 fully saturated rings. The van der Waals surface area contributed by atoms with Gasteiger partial charge in [-0.15, -0.1) is 0 Å². The number of fused-ring (bicyclic) bond motifs is 1. The number of nitrogens with one attached hydrogen (secondary N) is 1. The highest BCUT2D eigenvalue weighted by molar-refractivity contribution is 9.10. The molecule has 0 spiro atoms. The van der Waals surface area contributed by atoms with E-state index in [9.17, 15) is 9.59 Å². The highest BCUT2D eigenvalue weighted by Gasteiger charge is 2.31. The van der Waals surface area contributed by atoms with E-state index in [1.807, 2.05) is 18.2 Å². The molecule has 3 heterocycles. The maximum absolute atomic E-state index is 12.8. The number of hydrogen-bond donors (Lipinski definition) is 1. The Hall–Kier alpha value is -2.28. The standard InChI is InChI=1S/C20H21BrN2O4/c21-15-1-2-18-16(11-15)17(6-10-27-18)22-19(24)13-3-7-23(8-4-13)20(25)14-5-9-26-12-14/h1-2,5,9,11-13,17H,3-4,6-8,10H2,(H,22,24). The molecule has 6 nitrogen and oxygen atoms in total. The Morgan fingerprint density at radius 1 is 1.15 bits per heavy atom. The highest BCUT2D eigenvalue weighted by Crippen LogP contribution is 2.34. The lowest BCUT2D eigenvalue weighted by atomic mass is 9.93. The first-order chi connectivity index (χ1) is 13.1. The molecule has 0 bridgehead atoms. The van der Waals surface area contributed by atoms with Crippen LogP contribution in [0, 0.1) is 5.92 Å². The minimum Gasteiger partial charge on any atom is -0.493 e. The fourth-order valence-electron chi connectivity index (χ4n) is 3.72. The number of amides is 2. The van der Waals surface area contributed by atoms with Gasteiger partial charge in [0.05, 0.1) is 24.5 Å². The number of benzene rings is 1. The van der Waals surface area contributed by atoms with E-state index in [1.54, 1.807) is 11.0 Å². The van der Waals surface area contributed by atoms with Crippen LogP contribution in [-0.2, 0) is 4.79 Å². The van der Waals surface area contributed by atoms with Gasteiger partial charge in [-0.3, -0.25) is 9.59 Å². The Morgan fingerprint density at radius 2 is 1.96 bits per heavy atom. The van der Waals surface area contributed by atoms with Gasteiger partial charge in [0.1, 0.15) is 12.0 Å². The summed E-state index contributed by atoms with van der Waals surface area (Å²) in [6, 6.07) is 7.50. The largest absolute Gasteiger partial charge is 0.493 e. The van der Waals surface area contributed by atoms with E-state index in [2.05, 4.69) is 21.2 Å². The second-order valence-electron chi connectivity index (χ2n) is 6.96. The van der Waals surface area contributed by atoms with Crippen LogP contribution in [0.25, 0.3) is 0 Å². The summed E-state index contributed by atoms with van der Waals surface area (Å²) in [5.74, 6) is 0.779. The molecule has 2 aliphatic rings. The van der Waals surface area contributed by atoms with Crippen molar-refractivity contribution in [3.05, 3.63) is 52.4 Å². The van der Waals surface area contributed by atoms with Gasteiger partial charge in [0.15, 0.2) is 0 Å². The quantitative estimate of drug-likeness (QED) is 0.804. The minimum atomic E-state index is -0.0724. The number of carbonyl (C=O) groups is 2. The van der Waals surface area contributed by atoms with Crippen molar-refractivity contribution in [3.8, 4) is 5.75 Å². The minimum absolute atomic E-state index is 0.0363. The molecule has 2 aromatic rings. The number of rotatable bonds is 3. The second-order valence-corrected chi connectivity index (χ2v) is 7.87. The molecule has 0 radical (unpaired) electrons. The van der Waals surface area contributed by atoms with Crippen molar-refractivity contribution < 1.29 is 18.7 Å². The zero-order valence-electron chi connectivity index (χ0n) is 14.8. The van der Waals surface area contributed by atoms with Crippen LogP contribution in [0.4, 0.5) is 0 Å². The molecule has 1 unspecified atom stereocenters. The van der Waals surface area contributed by atoms with Crippen LogP contribution in [0.2, 0.25) is 0 Å². The number of ether oxygens (including phenoxy) is 1. The third-order valence-electron chi connectivity index (χ3n) is 5.25. The first-order valence-corrected chi connectivity index (χ1v) is 9.95. The van der Waals surface area contributed by atoms with Crippen LogP contribution in [-0.4, -0.2) is 36.4 Å². The molecule has 4 rings (SSSR count). The smallest absolute Gasteiger partial charge is 0.257 e. The average Bonchev–Trinajstić information content (AvgIpc) is 3.23. The van der Waals surface area contributed by atoms with Crippen LogP contribution in [0.3, 0.4) is 0 Å². The summed E-state index contributed by atoms with van der Waals surface area (Å²) in [6.07, 6.45) is 5.06. The number of carbonyl (C=O) groups excluding carboxylic acids is 2. The van der Waals surface area contributed by atoms with Gasteiger partial charge >= 0.3 is 0 Å². The van der Waals surface area contributed by atoms with Crippen molar-refractivity contribution >= 4 is 27.7 Å². The summed E-state index contributed by atoms with van der Waals surface area (Å²) in [6.45, 7) is 1.76. The Balaban J connectivity index is 1.36. The van der Waals surface area contributed by atoms with Crippen molar-refractivity contribution in [3.63, 3.8) is 0 Å². The fourth-order valence-corrected chi connectivity index (χ4v) is 4.10. The van der Waals surface area contributed by atoms with Gasteiger partial charge in [-0.1, -0.05) is 15.9 Å². The predicted molar refractivity (Wildman–Crippen MR) is 102 cm³/mol. The van der Waals surface area contributed by atoms with Crippen LogP contribution in [0.1, 0.15) is 41.2 Å². The van der Waals surface area contributed by atoms with Crippen LogP contribution in [0.15, 0.2) is 45.7 Å². The maximum Gasteiger partial charge on any atom is 0.257 e. The Bertz CT molecular complexity index is 829. The van der Waals surface area contributed by atoms with E-state index in [1.165, 1.54) is 12.5 Å². The number of furan rings is 1. The third kappa shape index (κ3) is 3.88. The lowest BCUT2D eigenvalue weighted by Crippen LogP contribution is -2.44. The molecule has 1 N–H and O–H groups in total. The predicted octanol–water partition coefficient (Wildman–Crippen LogP) is 3.53. The molecule has 2 amide bonds. The van der Waals surface area contributed by atoms with Gasteiger partial charge < -0.3 is 19.4 Å². The number of nitrogens with zero attached hydrogens (tertiary/aromatic N) is 1. The summed E-state index contributed by atoms with van der Waals surface area (Å²) >= 11 is 3.48. The lowest BCUT2D eigenvalue weighted by Gasteiger charge is -2.33. The highest BCUT2D eigenvalue weighted by atomic mass is 79.9. The monoisotopic (exact) mass is 432 g/mol. The molecule has 1 atom stereocenters. The van der Waals surface area contributed by atoms with Crippen LogP contribution < -0.4 is 10.1 Å². The van der Waals surface area contributed by atoms with E-state index in [0.29, 0.717) is 38.1 Å². The van der Waals surface area contributed by atoms with E-state index in [4.69, 9.17) is 9.15 Å². The van der Waals surface area contributed by atoms with Crippen LogP contribution in [0.5, 0.6) is 5.75 Å². The Morgan fingerprint density at radius 3 is 2.70 bits per heavy atom. The van der Waals surface area contributed by atoms with E-state index in [0.717, 1.165) is 22.2 Å². The Labute approximate surface area is 166 Å². The van der Waals surface area contributed by atoms with E-state index in [-0.39, 0.29) is 23.8 Å². The maximum atomic E-state index is 12.8. The lowest BCUT2D eigenvalue weighted by molar-refractivity contribution is -0.127. The van der Waals surface area contributed by atoms with E-state index >= 15 is 0 Å². The fraction of sp³-hybridized carbons (Fsp3) is 0.400. The summed E-state index contributed by atoms with van der Waals surface area (Å²) in [7, 11) is 0. The zero-order valence-corrected chi connectivity index (χ0v) is 16.4. The molecule has 1 aromatic carbocycles. The number of halogens is 1. The Kier molecular flexibility index (Phi) is 5.20. The van der Waals surface area contributed by atoms with Gasteiger partial charge in [0, 0.05) is 35.5 Å². The van der Waals surface area contributed by atoms with Gasteiger partial charge in [0.2, 0.25) is 5.91 Å². The summed E-state index contributed by atoms with van der Waals surface area (Å²) in [4.78, 5) is 26.9. The normalized spacial score (nSPS) is 19.9. The average molecular weight is 433 g/mol. The van der Waals surface area contributed by atoms with Gasteiger partial charge in [-0.05, 0) is 37.1 Å². The first-order valence-electron chi connectivity index (χ1n) is 9.16. The number of hydrogen-bond acceptors (Lipinski definition) is 4. The molecule has 2 aliphatic heterocycles. The number of likely N-dealkylation sites (tertiary alicyclic amines) is 1. The van der Waals surface area contributed by atoms with Gasteiger partial charge in [0.25, 0.3) is 5.91 Å². The SMILES string of the molecule is O=C(NC1CCOc2ccc(Br)cc21)C1CCN(C(=O)c2ccoc2)CC1. The molecule has 0 saturated carbocycles. The molecule has 1 aromatic heterocycles. The molecule has 1 saturated heterocycles. The van der Waals surface area contributed by atoms with Crippen LogP contribution >= 0.6 is 15.9 Å². The van der Waals surface area contributed by atoms with Crippen molar-refractivity contribution in [1.29, 1.82) is 0 Å². The summed E-state index contributed by atoms with van der Waals surface area (Å²) < 4.78 is 11.6. The first kappa shape index (κ1) is 18.1. The van der Waals surface area contributed by atoms with Crippen molar-refractivity contribution in [2.45, 2.75) is 25.3 Å². The van der Waals surface area contributed by atoms with Crippen molar-refractivity contribution in [2.24, 2.45) is 5.92 Å². The number of piperidine rings is 1. The molecular weight excluding hydrogens is 412 g/mol. The van der Waals surface area contributed by atoms with Gasteiger partial charge in [-0.2, -0.15) is 0 Å². The van der Waals surface area contributed by atoms with E-state index < -0.39 is 0 Å². The second kappa shape index (κ2) is 7.76. The molecule has 142 valence electrons. The van der Waals surface area contributed by atoms with Gasteiger partial charge in [-0.25, -0.2) is 0 Å². The molecule has 7 heteroatoms. The molecule has 0 aliphatic carbocycles. The molecular formula is C20H21BrN2O4. The summed E-state index contributed by atoms with van der Waals surface area (Å²) in [5.41, 5.74) is 1.57. The summed E-state index contributed by atoms with van der Waals surface area (Å²) in [5, 5.41) is 3.19. The topological polar surface area (TPSA) is 71.8 Å². The third-order valence-corrected chi connectivity index (χ3v) is 5.74. The van der Waals surface area contributed by atoms with Crippen molar-refractivity contribution in [1.82, 2.24) is 10.2 Å².